The second-order valence-electron chi connectivity index (χ2n) is 5.11. The van der Waals surface area contributed by atoms with Gasteiger partial charge in [0.05, 0.1) is 0 Å². The van der Waals surface area contributed by atoms with Gasteiger partial charge in [0.25, 0.3) is 0 Å². The topological polar surface area (TPSA) is 17.1 Å². The second kappa shape index (κ2) is 4.62. The summed E-state index contributed by atoms with van der Waals surface area (Å²) in [6, 6.07) is 6.30. The van der Waals surface area contributed by atoms with Crippen LogP contribution >= 0.6 is 0 Å². The molecule has 0 aliphatic rings. The van der Waals surface area contributed by atoms with E-state index in [1.807, 2.05) is 0 Å². The third-order valence-corrected chi connectivity index (χ3v) is 4.08. The van der Waals surface area contributed by atoms with E-state index in [1.165, 1.54) is 5.56 Å². The highest BCUT2D eigenvalue weighted by atomic mass is 32.2. The summed E-state index contributed by atoms with van der Waals surface area (Å²) in [5.41, 5.74) is 2.39. The normalized spacial score (nSPS) is 15.4. The van der Waals surface area contributed by atoms with Crippen LogP contribution < -0.4 is 0 Å². The maximum absolute atomic E-state index is 12.2. The Bertz CT molecular complexity index is 468. The van der Waals surface area contributed by atoms with Crippen LogP contribution in [-0.4, -0.2) is 16.3 Å². The smallest absolute Gasteiger partial charge is 0.0339 e. The van der Waals surface area contributed by atoms with Crippen LogP contribution in [0.1, 0.15) is 50.7 Å². The van der Waals surface area contributed by atoms with Gasteiger partial charge in [-0.3, -0.25) is 4.21 Å². The molecule has 0 aromatic heterocycles. The van der Waals surface area contributed by atoms with E-state index < -0.39 is 9.52 Å². The first-order chi connectivity index (χ1) is 7.23. The molecular weight excluding hydrogens is 216 g/mol. The Morgan fingerprint density at radius 1 is 1.12 bits per heavy atom. The molecular formula is C14H22OS. The zero-order valence-corrected chi connectivity index (χ0v) is 11.7. The van der Waals surface area contributed by atoms with Crippen molar-refractivity contribution in [3.63, 3.8) is 0 Å². The molecule has 0 N–H and O–H groups in total. The van der Waals surface area contributed by atoms with Crippen molar-refractivity contribution < 1.29 is 4.21 Å². The molecule has 1 rings (SSSR count). The third kappa shape index (κ3) is 2.88. The van der Waals surface area contributed by atoms with Crippen molar-refractivity contribution in [3.05, 3.63) is 29.3 Å². The molecule has 16 heavy (non-hydrogen) atoms. The monoisotopic (exact) mass is 238 g/mol. The molecule has 0 saturated carbocycles. The van der Waals surface area contributed by atoms with Crippen LogP contribution in [0.15, 0.2) is 23.1 Å². The van der Waals surface area contributed by atoms with Crippen LogP contribution in [0.4, 0.5) is 0 Å². The highest BCUT2D eigenvalue weighted by Crippen LogP contribution is 2.27. The summed E-state index contributed by atoms with van der Waals surface area (Å²) in [5.74, 6) is 4.66. The molecule has 90 valence electrons. The first-order valence-corrected chi connectivity index (χ1v) is 7.83. The molecule has 0 saturated heterocycles. The summed E-state index contributed by atoms with van der Waals surface area (Å²) in [6.45, 7) is 8.54. The lowest BCUT2D eigenvalue weighted by molar-refractivity contribution is 0.682. The molecule has 0 heterocycles. The fraction of sp³-hybridized carbons (Fsp3) is 0.500. The van der Waals surface area contributed by atoms with Gasteiger partial charge in [-0.15, -0.1) is 0 Å². The van der Waals surface area contributed by atoms with Gasteiger partial charge in [0, 0.05) is 11.2 Å². The van der Waals surface area contributed by atoms with Crippen molar-refractivity contribution in [2.75, 3.05) is 6.26 Å². The predicted molar refractivity (Wildman–Crippen MR) is 74.1 cm³/mol. The highest BCUT2D eigenvalue weighted by Gasteiger charge is 2.13. The highest BCUT2D eigenvalue weighted by molar-refractivity contribution is 7.99. The molecule has 2 heteroatoms. The third-order valence-electron chi connectivity index (χ3n) is 2.79. The first-order valence-electron chi connectivity index (χ1n) is 5.69. The molecule has 0 bridgehead atoms. The van der Waals surface area contributed by atoms with E-state index in [2.05, 4.69) is 51.8 Å². The van der Waals surface area contributed by atoms with Crippen molar-refractivity contribution in [2.45, 2.75) is 44.4 Å². The van der Waals surface area contributed by atoms with Crippen molar-refractivity contribution in [1.29, 1.82) is 0 Å². The largest absolute Gasteiger partial charge is 0.263 e. The Morgan fingerprint density at radius 2 is 1.69 bits per heavy atom. The second-order valence-corrected chi connectivity index (χ2v) is 7.56. The summed E-state index contributed by atoms with van der Waals surface area (Å²) >= 11 is 0. The molecule has 0 radical (unpaired) electrons. The van der Waals surface area contributed by atoms with Gasteiger partial charge < -0.3 is 0 Å². The summed E-state index contributed by atoms with van der Waals surface area (Å²) < 4.78 is 12.2. The van der Waals surface area contributed by atoms with Gasteiger partial charge in [0.15, 0.2) is 0 Å². The maximum atomic E-state index is 12.2. The summed E-state index contributed by atoms with van der Waals surface area (Å²) in [5, 5.41) is 0. The molecule has 1 aromatic carbocycles. The van der Waals surface area contributed by atoms with Crippen molar-refractivity contribution >= 4 is 15.4 Å². The van der Waals surface area contributed by atoms with E-state index in [0.717, 1.165) is 10.5 Å². The Kier molecular flexibility index (Phi) is 3.84. The van der Waals surface area contributed by atoms with E-state index in [4.69, 9.17) is 0 Å². The minimum Gasteiger partial charge on any atom is -0.263 e. The lowest BCUT2D eigenvalue weighted by Crippen LogP contribution is -2.05. The Labute approximate surface area is 99.9 Å². The number of hydrogen-bond acceptors (Lipinski definition) is 1. The van der Waals surface area contributed by atoms with Gasteiger partial charge in [0.1, 0.15) is 0 Å². The molecule has 0 aliphatic carbocycles. The lowest BCUT2D eigenvalue weighted by Gasteiger charge is -2.16. The van der Waals surface area contributed by atoms with Crippen LogP contribution in [-0.2, 0) is 9.52 Å². The van der Waals surface area contributed by atoms with Gasteiger partial charge in [-0.05, 0) is 44.4 Å². The Hall–Kier alpha value is -0.760. The van der Waals surface area contributed by atoms with Gasteiger partial charge >= 0.3 is 0 Å². The molecule has 1 unspecified atom stereocenters. The molecule has 1 atom stereocenters. The van der Waals surface area contributed by atoms with Crippen molar-refractivity contribution in [3.8, 4) is 0 Å². The van der Waals surface area contributed by atoms with Crippen LogP contribution in [0.3, 0.4) is 0 Å². The summed E-state index contributed by atoms with van der Waals surface area (Å²) in [7, 11) is -2.13. The minimum absolute atomic E-state index is 0.388. The van der Waals surface area contributed by atoms with Crippen LogP contribution in [0.2, 0.25) is 0 Å². The molecule has 0 spiro atoms. The van der Waals surface area contributed by atoms with Crippen LogP contribution in [0, 0.1) is 0 Å². The Morgan fingerprint density at radius 3 is 2.06 bits per heavy atom. The number of hydrogen-bond donors (Lipinski definition) is 0. The molecule has 1 aromatic rings. The zero-order valence-electron chi connectivity index (χ0n) is 10.9. The van der Waals surface area contributed by atoms with Gasteiger partial charge in [0.2, 0.25) is 0 Å². The minimum atomic E-state index is -2.13. The number of rotatable bonds is 3. The molecule has 0 amide bonds. The van der Waals surface area contributed by atoms with E-state index in [1.54, 1.807) is 6.26 Å². The van der Waals surface area contributed by atoms with Gasteiger partial charge in [-0.1, -0.05) is 39.8 Å². The standard InChI is InChI=1S/C14H22OS/c1-10(2)12-7-8-13(11(3)4)14(9-12)16(5,6)15/h7-11H,5H2,1-4,6H3. The van der Waals surface area contributed by atoms with E-state index in [9.17, 15) is 4.21 Å². The van der Waals surface area contributed by atoms with Crippen molar-refractivity contribution in [2.24, 2.45) is 0 Å². The molecule has 0 aliphatic heterocycles. The average molecular weight is 238 g/mol. The first kappa shape index (κ1) is 13.3. The zero-order chi connectivity index (χ0) is 12.5. The number of benzene rings is 1. The van der Waals surface area contributed by atoms with Gasteiger partial charge in [-0.25, -0.2) is 0 Å². The fourth-order valence-corrected chi connectivity index (χ4v) is 2.95. The fourth-order valence-electron chi connectivity index (χ4n) is 1.76. The van der Waals surface area contributed by atoms with E-state index in [0.29, 0.717) is 11.8 Å². The van der Waals surface area contributed by atoms with Crippen molar-refractivity contribution in [1.82, 2.24) is 0 Å². The average Bonchev–Trinajstić information content (AvgIpc) is 2.15. The lowest BCUT2D eigenvalue weighted by atomic mass is 9.97. The Balaban J connectivity index is 3.45. The van der Waals surface area contributed by atoms with Gasteiger partial charge in [-0.2, -0.15) is 0 Å². The summed E-state index contributed by atoms with van der Waals surface area (Å²) in [4.78, 5) is 0.925. The molecule has 1 nitrogen and oxygen atoms in total. The van der Waals surface area contributed by atoms with E-state index in [-0.39, 0.29) is 0 Å². The van der Waals surface area contributed by atoms with Crippen LogP contribution in [0.25, 0.3) is 0 Å². The predicted octanol–water partition coefficient (Wildman–Crippen LogP) is 3.64. The van der Waals surface area contributed by atoms with Crippen LogP contribution in [0.5, 0.6) is 0 Å². The van der Waals surface area contributed by atoms with E-state index >= 15 is 0 Å². The SMILES string of the molecule is C=S(C)(=O)c1cc(C(C)C)ccc1C(C)C. The maximum Gasteiger partial charge on any atom is 0.0339 e. The summed E-state index contributed by atoms with van der Waals surface area (Å²) in [6.07, 6.45) is 1.72. The molecule has 0 fully saturated rings. The quantitative estimate of drug-likeness (QED) is 0.735.